The molecule has 4 atom stereocenters. The molecule has 3 aliphatic heterocycles. The lowest BCUT2D eigenvalue weighted by molar-refractivity contribution is 0.0708. The highest BCUT2D eigenvalue weighted by Gasteiger charge is 2.56. The van der Waals surface area contributed by atoms with Gasteiger partial charge < -0.3 is 10.2 Å². The zero-order chi connectivity index (χ0) is 14.0. The van der Waals surface area contributed by atoms with E-state index in [1.165, 1.54) is 25.7 Å². The normalized spacial score (nSPS) is 37.0. The molecule has 1 amide bonds. The van der Waals surface area contributed by atoms with E-state index in [4.69, 9.17) is 0 Å². The van der Waals surface area contributed by atoms with Crippen LogP contribution in [0, 0.1) is 11.8 Å². The van der Waals surface area contributed by atoms with Gasteiger partial charge in [-0.15, -0.1) is 0 Å². The Labute approximate surface area is 124 Å². The van der Waals surface area contributed by atoms with E-state index in [1.54, 1.807) is 12.4 Å². The molecule has 3 saturated heterocycles. The summed E-state index contributed by atoms with van der Waals surface area (Å²) >= 11 is 0. The first-order valence-corrected chi connectivity index (χ1v) is 8.18. The Balaban J connectivity index is 1.41. The zero-order valence-electron chi connectivity index (χ0n) is 12.0. The second-order valence-corrected chi connectivity index (χ2v) is 7.01. The Kier molecular flexibility index (Phi) is 2.45. The number of carbonyl (C=O) groups excluding carboxylic acids is 1. The molecule has 1 aromatic rings. The molecule has 1 saturated carbocycles. The average Bonchev–Trinajstić information content (AvgIpc) is 2.98. The van der Waals surface area contributed by atoms with Crippen molar-refractivity contribution in [3.8, 4) is 0 Å². The third-order valence-electron chi connectivity index (χ3n) is 5.87. The lowest BCUT2D eigenvalue weighted by Crippen LogP contribution is -2.39. The summed E-state index contributed by atoms with van der Waals surface area (Å²) in [6, 6.07) is 0.871. The molecule has 0 aromatic carbocycles. The van der Waals surface area contributed by atoms with E-state index in [0.29, 0.717) is 35.4 Å². The predicted octanol–water partition coefficient (Wildman–Crippen LogP) is 1.18. The highest BCUT2D eigenvalue weighted by atomic mass is 16.2. The van der Waals surface area contributed by atoms with E-state index in [-0.39, 0.29) is 5.91 Å². The Morgan fingerprint density at radius 1 is 1.05 bits per heavy atom. The van der Waals surface area contributed by atoms with Gasteiger partial charge in [0.1, 0.15) is 5.82 Å². The van der Waals surface area contributed by atoms with Gasteiger partial charge in [-0.25, -0.2) is 9.97 Å². The molecular formula is C16H20N4O. The summed E-state index contributed by atoms with van der Waals surface area (Å²) in [5.41, 5.74) is 0.671. The van der Waals surface area contributed by atoms with Crippen LogP contribution >= 0.6 is 0 Å². The number of amides is 1. The number of carbonyl (C=O) groups is 1. The predicted molar refractivity (Wildman–Crippen MR) is 76.8 cm³/mol. The number of aromatic nitrogens is 2. The van der Waals surface area contributed by atoms with Crippen LogP contribution in [0.15, 0.2) is 12.4 Å². The minimum absolute atomic E-state index is 0.152. The van der Waals surface area contributed by atoms with Gasteiger partial charge in [0, 0.05) is 43.5 Å². The van der Waals surface area contributed by atoms with Crippen LogP contribution in [0.25, 0.3) is 0 Å². The van der Waals surface area contributed by atoms with Gasteiger partial charge in [0.05, 0.1) is 5.56 Å². The number of rotatable bonds is 2. The minimum Gasteiger partial charge on any atom is -0.332 e. The number of nitrogens with zero attached hydrogens (tertiary/aromatic N) is 3. The van der Waals surface area contributed by atoms with Gasteiger partial charge in [0.2, 0.25) is 0 Å². The lowest BCUT2D eigenvalue weighted by Gasteiger charge is -2.24. The van der Waals surface area contributed by atoms with Gasteiger partial charge in [-0.05, 0) is 37.5 Å². The van der Waals surface area contributed by atoms with E-state index in [0.717, 1.165) is 18.9 Å². The molecule has 1 N–H and O–H groups in total. The first kappa shape index (κ1) is 12.1. The molecule has 1 aliphatic carbocycles. The summed E-state index contributed by atoms with van der Waals surface area (Å²) in [6.45, 7) is 2.15. The third kappa shape index (κ3) is 1.70. The molecule has 1 aromatic heterocycles. The largest absolute Gasteiger partial charge is 0.332 e. The number of fused-ring (bicyclic) bond motifs is 5. The Morgan fingerprint density at radius 2 is 1.67 bits per heavy atom. The molecule has 4 aliphatic rings. The monoisotopic (exact) mass is 284 g/mol. The summed E-state index contributed by atoms with van der Waals surface area (Å²) in [5.74, 6) is 2.94. The third-order valence-corrected chi connectivity index (χ3v) is 5.87. The second kappa shape index (κ2) is 4.26. The molecule has 2 bridgehead atoms. The molecule has 4 heterocycles. The molecule has 5 heteroatoms. The van der Waals surface area contributed by atoms with Gasteiger partial charge >= 0.3 is 0 Å². The van der Waals surface area contributed by atoms with Crippen molar-refractivity contribution in [2.24, 2.45) is 11.8 Å². The molecule has 0 unspecified atom stereocenters. The van der Waals surface area contributed by atoms with Crippen molar-refractivity contribution in [3.05, 3.63) is 23.8 Å². The summed E-state index contributed by atoms with van der Waals surface area (Å²) in [5, 5.41) is 3.49. The molecule has 0 radical (unpaired) electrons. The minimum atomic E-state index is 0.152. The molecule has 5 rings (SSSR count). The number of nitrogens with one attached hydrogen (secondary N) is 1. The highest BCUT2D eigenvalue weighted by molar-refractivity contribution is 5.94. The number of hydrogen-bond acceptors (Lipinski definition) is 4. The summed E-state index contributed by atoms with van der Waals surface area (Å²) in [6.07, 6.45) is 8.21. The molecule has 4 fully saturated rings. The maximum absolute atomic E-state index is 12.9. The highest BCUT2D eigenvalue weighted by Crippen LogP contribution is 2.47. The van der Waals surface area contributed by atoms with Gasteiger partial charge in [-0.2, -0.15) is 0 Å². The fourth-order valence-electron chi connectivity index (χ4n) is 4.72. The maximum Gasteiger partial charge on any atom is 0.257 e. The topological polar surface area (TPSA) is 58.1 Å². The van der Waals surface area contributed by atoms with Crippen LogP contribution < -0.4 is 5.32 Å². The number of hydrogen-bond donors (Lipinski definition) is 1. The first-order chi connectivity index (χ1) is 10.3. The molecule has 0 spiro atoms. The van der Waals surface area contributed by atoms with Crippen LogP contribution in [0.5, 0.6) is 0 Å². The van der Waals surface area contributed by atoms with Crippen LogP contribution in [0.1, 0.15) is 47.8 Å². The van der Waals surface area contributed by atoms with Crippen LogP contribution in [0.4, 0.5) is 0 Å². The van der Waals surface area contributed by atoms with Crippen LogP contribution in [0.3, 0.4) is 0 Å². The molecular weight excluding hydrogens is 264 g/mol. The fraction of sp³-hybridized carbons (Fsp3) is 0.688. The van der Waals surface area contributed by atoms with Crippen molar-refractivity contribution in [2.75, 3.05) is 13.1 Å². The van der Waals surface area contributed by atoms with Gasteiger partial charge in [-0.1, -0.05) is 0 Å². The molecule has 5 nitrogen and oxygen atoms in total. The van der Waals surface area contributed by atoms with Crippen LogP contribution in [0.2, 0.25) is 0 Å². The standard InChI is InChI=1S/C16H20N4O/c21-16(10-5-18-15(19-6-10)9-1-2-9)20-13-3-4-14(20)12-8-17-7-11(12)13/h5-6,9,11-14,17H,1-4,7-8H2/t11-,12+,13-,14+. The maximum atomic E-state index is 12.9. The lowest BCUT2D eigenvalue weighted by atomic mass is 9.82. The van der Waals surface area contributed by atoms with Crippen molar-refractivity contribution >= 4 is 5.91 Å². The van der Waals surface area contributed by atoms with Crippen molar-refractivity contribution in [1.82, 2.24) is 20.2 Å². The van der Waals surface area contributed by atoms with Gasteiger partial charge in [0.15, 0.2) is 0 Å². The fourth-order valence-corrected chi connectivity index (χ4v) is 4.72. The smallest absolute Gasteiger partial charge is 0.257 e. The summed E-state index contributed by atoms with van der Waals surface area (Å²) < 4.78 is 0. The van der Waals surface area contributed by atoms with Crippen LogP contribution in [-0.4, -0.2) is 45.9 Å². The first-order valence-electron chi connectivity index (χ1n) is 8.18. The van der Waals surface area contributed by atoms with E-state index in [2.05, 4.69) is 20.2 Å². The zero-order valence-corrected chi connectivity index (χ0v) is 12.0. The van der Waals surface area contributed by atoms with E-state index in [9.17, 15) is 4.79 Å². The Bertz CT molecular complexity index is 564. The Morgan fingerprint density at radius 3 is 2.24 bits per heavy atom. The average molecular weight is 284 g/mol. The SMILES string of the molecule is O=C(c1cnc(C2CC2)nc1)N1[C@@H]2CC[C@H]1[C@H]1CNC[C@H]12. The van der Waals surface area contributed by atoms with Crippen molar-refractivity contribution in [3.63, 3.8) is 0 Å². The van der Waals surface area contributed by atoms with E-state index in [1.807, 2.05) is 0 Å². The van der Waals surface area contributed by atoms with Gasteiger partial charge in [-0.3, -0.25) is 4.79 Å². The van der Waals surface area contributed by atoms with Crippen LogP contribution in [-0.2, 0) is 0 Å². The van der Waals surface area contributed by atoms with Crippen molar-refractivity contribution < 1.29 is 4.79 Å². The van der Waals surface area contributed by atoms with Crippen molar-refractivity contribution in [1.29, 1.82) is 0 Å². The van der Waals surface area contributed by atoms with E-state index < -0.39 is 0 Å². The second-order valence-electron chi connectivity index (χ2n) is 7.01. The molecule has 110 valence electrons. The quantitative estimate of drug-likeness (QED) is 0.886. The summed E-state index contributed by atoms with van der Waals surface area (Å²) in [7, 11) is 0. The van der Waals surface area contributed by atoms with E-state index >= 15 is 0 Å². The summed E-state index contributed by atoms with van der Waals surface area (Å²) in [4.78, 5) is 23.8. The Hall–Kier alpha value is -1.49. The van der Waals surface area contributed by atoms with Gasteiger partial charge in [0.25, 0.3) is 5.91 Å². The molecule has 21 heavy (non-hydrogen) atoms. The van der Waals surface area contributed by atoms with Crippen molar-refractivity contribution in [2.45, 2.75) is 43.7 Å².